The number of nitrogens with one attached hydrogen (secondary N) is 2. The van der Waals surface area contributed by atoms with E-state index in [9.17, 15) is 14.4 Å². The van der Waals surface area contributed by atoms with Crippen LogP contribution in [0.4, 0.5) is 5.69 Å². The first-order valence-electron chi connectivity index (χ1n) is 8.64. The lowest BCUT2D eigenvalue weighted by molar-refractivity contribution is -0.136. The average Bonchev–Trinajstić information content (AvgIpc) is 2.67. The van der Waals surface area contributed by atoms with E-state index in [1.165, 1.54) is 0 Å². The summed E-state index contributed by atoms with van der Waals surface area (Å²) in [6.45, 7) is 1.15. The average molecular weight is 368 g/mol. The minimum absolute atomic E-state index is 0.0633. The molecule has 0 saturated carbocycles. The second-order valence-electron chi connectivity index (χ2n) is 6.18. The summed E-state index contributed by atoms with van der Waals surface area (Å²) in [4.78, 5) is 35.0. The van der Waals surface area contributed by atoms with E-state index in [1.54, 1.807) is 30.3 Å². The summed E-state index contributed by atoms with van der Waals surface area (Å²) in [7, 11) is 0. The molecule has 0 fully saturated rings. The van der Waals surface area contributed by atoms with E-state index >= 15 is 0 Å². The van der Waals surface area contributed by atoms with E-state index in [2.05, 4.69) is 10.6 Å². The third-order valence-electron chi connectivity index (χ3n) is 4.31. The highest BCUT2D eigenvalue weighted by atomic mass is 16.5. The van der Waals surface area contributed by atoms with Gasteiger partial charge in [0, 0.05) is 23.4 Å². The van der Waals surface area contributed by atoms with Crippen LogP contribution in [-0.2, 0) is 22.6 Å². The molecule has 0 radical (unpaired) electrons. The van der Waals surface area contributed by atoms with Crippen LogP contribution in [-0.4, -0.2) is 36.0 Å². The molecule has 3 N–H and O–H groups in total. The smallest absolute Gasteiger partial charge is 0.305 e. The van der Waals surface area contributed by atoms with Gasteiger partial charge in [-0.3, -0.25) is 14.4 Å². The molecule has 0 atom stereocenters. The van der Waals surface area contributed by atoms with Crippen LogP contribution in [0.3, 0.4) is 0 Å². The lowest BCUT2D eigenvalue weighted by Crippen LogP contribution is -2.26. The third-order valence-corrected chi connectivity index (χ3v) is 4.31. The molecule has 2 amide bonds. The molecule has 140 valence electrons. The number of carboxylic acids is 1. The number of anilines is 1. The maximum Gasteiger partial charge on any atom is 0.305 e. The zero-order valence-corrected chi connectivity index (χ0v) is 14.7. The van der Waals surface area contributed by atoms with Crippen LogP contribution in [0, 0.1) is 0 Å². The van der Waals surface area contributed by atoms with E-state index < -0.39 is 5.97 Å². The molecule has 1 heterocycles. The minimum Gasteiger partial charge on any atom is -0.481 e. The minimum atomic E-state index is -0.970. The summed E-state index contributed by atoms with van der Waals surface area (Å²) in [5.41, 5.74) is 3.58. The number of fused-ring (bicyclic) bond motifs is 1. The lowest BCUT2D eigenvalue weighted by atomic mass is 9.97. The molecule has 0 saturated heterocycles. The van der Waals surface area contributed by atoms with Gasteiger partial charge in [0.05, 0.1) is 19.6 Å². The van der Waals surface area contributed by atoms with Gasteiger partial charge in [-0.25, -0.2) is 0 Å². The van der Waals surface area contributed by atoms with Gasteiger partial charge in [-0.15, -0.1) is 0 Å². The van der Waals surface area contributed by atoms with E-state index in [1.807, 2.05) is 12.1 Å². The van der Waals surface area contributed by atoms with Gasteiger partial charge in [-0.05, 0) is 47.9 Å². The number of ether oxygens (including phenoxy) is 1. The van der Waals surface area contributed by atoms with Crippen molar-refractivity contribution in [1.82, 2.24) is 5.32 Å². The molecule has 1 aliphatic rings. The van der Waals surface area contributed by atoms with Crippen molar-refractivity contribution >= 4 is 23.5 Å². The van der Waals surface area contributed by atoms with Crippen LogP contribution in [0.2, 0.25) is 0 Å². The maximum atomic E-state index is 12.6. The molecule has 0 aromatic heterocycles. The van der Waals surface area contributed by atoms with Gasteiger partial charge in [-0.1, -0.05) is 12.1 Å². The second kappa shape index (κ2) is 8.46. The Morgan fingerprint density at radius 3 is 2.56 bits per heavy atom. The molecule has 3 rings (SSSR count). The van der Waals surface area contributed by atoms with Gasteiger partial charge in [0.25, 0.3) is 11.8 Å². The molecule has 0 bridgehead atoms. The quantitative estimate of drug-likeness (QED) is 0.725. The van der Waals surface area contributed by atoms with Crippen LogP contribution in [0.25, 0.3) is 0 Å². The molecule has 2 aromatic carbocycles. The Morgan fingerprint density at radius 2 is 1.81 bits per heavy atom. The van der Waals surface area contributed by atoms with Crippen molar-refractivity contribution in [3.8, 4) is 0 Å². The van der Waals surface area contributed by atoms with Crippen molar-refractivity contribution in [3.63, 3.8) is 0 Å². The Labute approximate surface area is 156 Å². The monoisotopic (exact) mass is 368 g/mol. The second-order valence-corrected chi connectivity index (χ2v) is 6.18. The summed E-state index contributed by atoms with van der Waals surface area (Å²) in [6, 6.07) is 12.1. The molecular formula is C20H20N2O5. The first kappa shape index (κ1) is 18.6. The van der Waals surface area contributed by atoms with Crippen LogP contribution >= 0.6 is 0 Å². The predicted octanol–water partition coefficient (Wildman–Crippen LogP) is 2.22. The largest absolute Gasteiger partial charge is 0.481 e. The van der Waals surface area contributed by atoms with Crippen LogP contribution < -0.4 is 10.6 Å². The van der Waals surface area contributed by atoms with Crippen LogP contribution in [0.1, 0.15) is 38.3 Å². The summed E-state index contributed by atoms with van der Waals surface area (Å²) in [5, 5.41) is 13.9. The van der Waals surface area contributed by atoms with Crippen molar-refractivity contribution < 1.29 is 24.2 Å². The summed E-state index contributed by atoms with van der Waals surface area (Å²) < 4.78 is 5.46. The highest BCUT2D eigenvalue weighted by Crippen LogP contribution is 2.22. The molecule has 0 spiro atoms. The Hall–Kier alpha value is -3.19. The summed E-state index contributed by atoms with van der Waals surface area (Å²) in [5.74, 6) is -1.55. The molecule has 2 aromatic rings. The van der Waals surface area contributed by atoms with E-state index in [0.717, 1.165) is 17.5 Å². The van der Waals surface area contributed by atoms with Crippen molar-refractivity contribution in [2.45, 2.75) is 19.4 Å². The topological polar surface area (TPSA) is 105 Å². The van der Waals surface area contributed by atoms with Gasteiger partial charge in [0.2, 0.25) is 0 Å². The van der Waals surface area contributed by atoms with Crippen LogP contribution in [0.15, 0.2) is 42.5 Å². The standard InChI is InChI=1S/C20H20N2O5/c23-18(24)8-10-21-19(25)14-4-6-15(7-5-14)22-20(26)16-3-1-2-13-9-11-27-12-17(13)16/h1-7H,8-12H2,(H,21,25)(H,22,26)(H,23,24). The fraction of sp³-hybridized carbons (Fsp3) is 0.250. The fourth-order valence-corrected chi connectivity index (χ4v) is 2.90. The molecule has 0 aliphatic carbocycles. The molecule has 1 aliphatic heterocycles. The highest BCUT2D eigenvalue weighted by Gasteiger charge is 2.18. The number of carbonyl (C=O) groups excluding carboxylic acids is 2. The highest BCUT2D eigenvalue weighted by molar-refractivity contribution is 6.05. The molecule has 7 heteroatoms. The van der Waals surface area contributed by atoms with E-state index in [-0.39, 0.29) is 24.8 Å². The zero-order valence-electron chi connectivity index (χ0n) is 14.7. The summed E-state index contributed by atoms with van der Waals surface area (Å²) >= 11 is 0. The predicted molar refractivity (Wildman–Crippen MR) is 98.8 cm³/mol. The van der Waals surface area contributed by atoms with Gasteiger partial charge in [0.1, 0.15) is 0 Å². The Kier molecular flexibility index (Phi) is 5.83. The fourth-order valence-electron chi connectivity index (χ4n) is 2.90. The number of aliphatic carboxylic acids is 1. The van der Waals surface area contributed by atoms with Gasteiger partial charge < -0.3 is 20.5 Å². The van der Waals surface area contributed by atoms with Crippen molar-refractivity contribution in [3.05, 3.63) is 64.7 Å². The molecule has 0 unspecified atom stereocenters. The molecular weight excluding hydrogens is 348 g/mol. The Morgan fingerprint density at radius 1 is 1.04 bits per heavy atom. The van der Waals surface area contributed by atoms with E-state index in [0.29, 0.717) is 30.0 Å². The first-order chi connectivity index (χ1) is 13.0. The van der Waals surface area contributed by atoms with Crippen molar-refractivity contribution in [2.24, 2.45) is 0 Å². The van der Waals surface area contributed by atoms with Crippen molar-refractivity contribution in [2.75, 3.05) is 18.5 Å². The van der Waals surface area contributed by atoms with E-state index in [4.69, 9.17) is 9.84 Å². The number of carbonyl (C=O) groups is 3. The number of hydrogen-bond acceptors (Lipinski definition) is 4. The summed E-state index contributed by atoms with van der Waals surface area (Å²) in [6.07, 6.45) is 0.660. The third kappa shape index (κ3) is 4.71. The maximum absolute atomic E-state index is 12.6. The normalized spacial score (nSPS) is 12.7. The number of hydrogen-bond donors (Lipinski definition) is 3. The Bertz CT molecular complexity index is 861. The molecule has 7 nitrogen and oxygen atoms in total. The van der Waals surface area contributed by atoms with Gasteiger partial charge >= 0.3 is 5.97 Å². The number of benzene rings is 2. The van der Waals surface area contributed by atoms with Crippen molar-refractivity contribution in [1.29, 1.82) is 0 Å². The molecule has 27 heavy (non-hydrogen) atoms. The number of amides is 2. The number of rotatable bonds is 6. The van der Waals surface area contributed by atoms with Gasteiger partial charge in [0.15, 0.2) is 0 Å². The SMILES string of the molecule is O=C(O)CCNC(=O)c1ccc(NC(=O)c2cccc3c2COCC3)cc1. The Balaban J connectivity index is 1.64. The first-order valence-corrected chi connectivity index (χ1v) is 8.64. The number of carboxylic acid groups (broad SMARTS) is 1. The lowest BCUT2D eigenvalue weighted by Gasteiger charge is -2.19. The zero-order chi connectivity index (χ0) is 19.2. The van der Waals surface area contributed by atoms with Gasteiger partial charge in [-0.2, -0.15) is 0 Å². The van der Waals surface area contributed by atoms with Crippen LogP contribution in [0.5, 0.6) is 0 Å².